The molecular weight excluding hydrogens is 390 g/mol. The zero-order chi connectivity index (χ0) is 20.4. The fraction of sp³-hybridized carbons (Fsp3) is 0.0455. The third-order valence-corrected chi connectivity index (χ3v) is 4.79. The summed E-state index contributed by atoms with van der Waals surface area (Å²) in [6.07, 6.45) is 1.41. The molecule has 0 bridgehead atoms. The second kappa shape index (κ2) is 7.77. The Morgan fingerprint density at radius 3 is 2.62 bits per heavy atom. The van der Waals surface area contributed by atoms with E-state index in [9.17, 15) is 9.59 Å². The number of fused-ring (bicyclic) bond motifs is 1. The van der Waals surface area contributed by atoms with Gasteiger partial charge in [-0.15, -0.1) is 0 Å². The molecule has 0 radical (unpaired) electrons. The van der Waals surface area contributed by atoms with E-state index in [1.54, 1.807) is 67.8 Å². The largest absolute Gasteiger partial charge is 0.497 e. The molecule has 0 saturated carbocycles. The van der Waals surface area contributed by atoms with E-state index in [1.165, 1.54) is 10.9 Å². The summed E-state index contributed by atoms with van der Waals surface area (Å²) in [4.78, 5) is 29.7. The Kier molecular flexibility index (Phi) is 5.01. The summed E-state index contributed by atoms with van der Waals surface area (Å²) < 4.78 is 6.53. The lowest BCUT2D eigenvalue weighted by Crippen LogP contribution is -2.19. The minimum atomic E-state index is -0.272. The number of hydrogen-bond acceptors (Lipinski definition) is 4. The number of carbonyl (C=O) groups is 1. The van der Waals surface area contributed by atoms with Crippen LogP contribution in [0.4, 0.5) is 5.69 Å². The smallest absolute Gasteiger partial charge is 0.265 e. The second-order valence-corrected chi connectivity index (χ2v) is 6.70. The third kappa shape index (κ3) is 3.70. The number of ether oxygens (including phenoxy) is 1. The van der Waals surface area contributed by atoms with Crippen molar-refractivity contribution in [2.24, 2.45) is 0 Å². The highest BCUT2D eigenvalue weighted by Gasteiger charge is 2.12. The molecule has 0 saturated heterocycles. The molecule has 0 unspecified atom stereocenters. The minimum Gasteiger partial charge on any atom is -0.497 e. The van der Waals surface area contributed by atoms with Crippen LogP contribution in [0.2, 0.25) is 5.02 Å². The van der Waals surface area contributed by atoms with Gasteiger partial charge in [0.1, 0.15) is 12.1 Å². The Morgan fingerprint density at radius 2 is 1.86 bits per heavy atom. The summed E-state index contributed by atoms with van der Waals surface area (Å²) in [5.41, 5.74) is 1.72. The van der Waals surface area contributed by atoms with Crippen LogP contribution in [-0.4, -0.2) is 22.6 Å². The number of rotatable bonds is 4. The van der Waals surface area contributed by atoms with Gasteiger partial charge in [-0.1, -0.05) is 29.8 Å². The van der Waals surface area contributed by atoms with Crippen LogP contribution < -0.4 is 15.6 Å². The van der Waals surface area contributed by atoms with Crippen molar-refractivity contribution in [2.75, 3.05) is 12.4 Å². The molecule has 4 rings (SSSR count). The second-order valence-electron chi connectivity index (χ2n) is 6.29. The van der Waals surface area contributed by atoms with Crippen LogP contribution >= 0.6 is 11.6 Å². The SMILES string of the molecule is COc1ccc2c(=O)n(-c3cc(NC(=O)c4ccccc4)ccc3Cl)cnc2c1. The van der Waals surface area contributed by atoms with Crippen LogP contribution in [0.3, 0.4) is 0 Å². The highest BCUT2D eigenvalue weighted by atomic mass is 35.5. The number of methoxy groups -OCH3 is 1. The van der Waals surface area contributed by atoms with E-state index >= 15 is 0 Å². The van der Waals surface area contributed by atoms with E-state index < -0.39 is 0 Å². The summed E-state index contributed by atoms with van der Waals surface area (Å²) in [5.74, 6) is 0.362. The van der Waals surface area contributed by atoms with Gasteiger partial charge in [0, 0.05) is 17.3 Å². The van der Waals surface area contributed by atoms with E-state index in [0.717, 1.165) is 0 Å². The fourth-order valence-electron chi connectivity index (χ4n) is 2.97. The Labute approximate surface area is 171 Å². The molecule has 3 aromatic carbocycles. The lowest BCUT2D eigenvalue weighted by molar-refractivity contribution is 0.102. The Morgan fingerprint density at radius 1 is 1.07 bits per heavy atom. The van der Waals surface area contributed by atoms with Crippen molar-refractivity contribution in [2.45, 2.75) is 0 Å². The van der Waals surface area contributed by atoms with Crippen LogP contribution in [0.1, 0.15) is 10.4 Å². The van der Waals surface area contributed by atoms with Gasteiger partial charge in [0.25, 0.3) is 11.5 Å². The molecule has 0 aliphatic carbocycles. The number of nitrogens with one attached hydrogen (secondary N) is 1. The van der Waals surface area contributed by atoms with E-state index in [0.29, 0.717) is 38.6 Å². The van der Waals surface area contributed by atoms with E-state index in [1.807, 2.05) is 6.07 Å². The van der Waals surface area contributed by atoms with Crippen molar-refractivity contribution >= 4 is 34.1 Å². The summed E-state index contributed by atoms with van der Waals surface area (Å²) in [5, 5.41) is 3.61. The standard InChI is InChI=1S/C22H16ClN3O3/c1-29-16-8-9-17-19(12-16)24-13-26(22(17)28)20-11-15(7-10-18(20)23)25-21(27)14-5-3-2-4-6-14/h2-13H,1H3,(H,25,27). The first-order valence-corrected chi connectivity index (χ1v) is 9.16. The fourth-order valence-corrected chi connectivity index (χ4v) is 3.18. The first-order chi connectivity index (χ1) is 14.1. The molecule has 0 aliphatic rings. The van der Waals surface area contributed by atoms with Crippen LogP contribution in [0.5, 0.6) is 5.75 Å². The van der Waals surface area contributed by atoms with Gasteiger partial charge in [-0.2, -0.15) is 0 Å². The van der Waals surface area contributed by atoms with Crippen LogP contribution in [0.25, 0.3) is 16.6 Å². The van der Waals surface area contributed by atoms with Crippen molar-refractivity contribution in [3.05, 3.63) is 94.0 Å². The van der Waals surface area contributed by atoms with E-state index in [2.05, 4.69) is 10.3 Å². The predicted octanol–water partition coefficient (Wildman–Crippen LogP) is 4.30. The summed E-state index contributed by atoms with van der Waals surface area (Å²) in [6.45, 7) is 0. The van der Waals surface area contributed by atoms with Gasteiger partial charge in [0.05, 0.1) is 28.7 Å². The molecule has 1 N–H and O–H groups in total. The van der Waals surface area contributed by atoms with Crippen molar-refractivity contribution in [3.63, 3.8) is 0 Å². The van der Waals surface area contributed by atoms with Gasteiger partial charge in [-0.3, -0.25) is 14.2 Å². The van der Waals surface area contributed by atoms with Crippen molar-refractivity contribution in [1.82, 2.24) is 9.55 Å². The predicted molar refractivity (Wildman–Crippen MR) is 113 cm³/mol. The van der Waals surface area contributed by atoms with Gasteiger partial charge >= 0.3 is 0 Å². The summed E-state index contributed by atoms with van der Waals surface area (Å²) in [6, 6.07) is 18.9. The maximum atomic E-state index is 13.0. The maximum absolute atomic E-state index is 13.0. The number of halogens is 1. The topological polar surface area (TPSA) is 73.2 Å². The molecule has 29 heavy (non-hydrogen) atoms. The molecule has 144 valence electrons. The van der Waals surface area contributed by atoms with Crippen LogP contribution in [0.15, 0.2) is 77.9 Å². The molecular formula is C22H16ClN3O3. The minimum absolute atomic E-state index is 0.255. The number of nitrogens with zero attached hydrogens (tertiary/aromatic N) is 2. The Balaban J connectivity index is 1.73. The molecule has 6 nitrogen and oxygen atoms in total. The first-order valence-electron chi connectivity index (χ1n) is 8.78. The van der Waals surface area contributed by atoms with Crippen molar-refractivity contribution < 1.29 is 9.53 Å². The van der Waals surface area contributed by atoms with E-state index in [-0.39, 0.29) is 11.5 Å². The molecule has 0 aliphatic heterocycles. The zero-order valence-electron chi connectivity index (χ0n) is 15.4. The lowest BCUT2D eigenvalue weighted by Gasteiger charge is -2.12. The summed E-state index contributed by atoms with van der Waals surface area (Å²) >= 11 is 6.33. The number of carbonyl (C=O) groups excluding carboxylic acids is 1. The number of amides is 1. The number of hydrogen-bond donors (Lipinski definition) is 1. The van der Waals surface area contributed by atoms with Gasteiger partial charge in [0.2, 0.25) is 0 Å². The molecule has 7 heteroatoms. The molecule has 0 atom stereocenters. The highest BCUT2D eigenvalue weighted by molar-refractivity contribution is 6.32. The van der Waals surface area contributed by atoms with Crippen molar-refractivity contribution in [3.8, 4) is 11.4 Å². The number of aromatic nitrogens is 2. The van der Waals surface area contributed by atoms with Gasteiger partial charge in [-0.25, -0.2) is 4.98 Å². The molecule has 4 aromatic rings. The number of anilines is 1. The highest BCUT2D eigenvalue weighted by Crippen LogP contribution is 2.25. The first kappa shape index (κ1) is 18.7. The molecule has 0 spiro atoms. The lowest BCUT2D eigenvalue weighted by atomic mass is 10.2. The van der Waals surface area contributed by atoms with Crippen LogP contribution in [-0.2, 0) is 0 Å². The van der Waals surface area contributed by atoms with Gasteiger partial charge in [-0.05, 0) is 42.5 Å². The normalized spacial score (nSPS) is 10.7. The van der Waals surface area contributed by atoms with Gasteiger partial charge in [0.15, 0.2) is 0 Å². The van der Waals surface area contributed by atoms with Crippen molar-refractivity contribution in [1.29, 1.82) is 0 Å². The molecule has 0 fully saturated rings. The Bertz CT molecular complexity index is 1270. The molecule has 1 amide bonds. The zero-order valence-corrected chi connectivity index (χ0v) is 16.2. The maximum Gasteiger partial charge on any atom is 0.265 e. The monoisotopic (exact) mass is 405 g/mol. The van der Waals surface area contributed by atoms with Crippen LogP contribution in [0, 0.1) is 0 Å². The van der Waals surface area contributed by atoms with E-state index in [4.69, 9.17) is 16.3 Å². The molecule has 1 heterocycles. The number of benzene rings is 3. The Hall–Kier alpha value is -3.64. The quantitative estimate of drug-likeness (QED) is 0.549. The van der Waals surface area contributed by atoms with Gasteiger partial charge < -0.3 is 10.1 Å². The molecule has 1 aromatic heterocycles. The summed E-state index contributed by atoms with van der Waals surface area (Å²) in [7, 11) is 1.55. The average Bonchev–Trinajstić information content (AvgIpc) is 2.76. The average molecular weight is 406 g/mol. The third-order valence-electron chi connectivity index (χ3n) is 4.47.